The molecular weight excluding hydrogens is 338 g/mol. The molecule has 0 saturated heterocycles. The molecule has 19 heavy (non-hydrogen) atoms. The number of hydrogen-bond acceptors (Lipinski definition) is 1. The maximum Gasteiger partial charge on any atom is 1.00 e. The van der Waals surface area contributed by atoms with E-state index in [0.29, 0.717) is 0 Å². The smallest absolute Gasteiger partial charge is 0.418 e. The van der Waals surface area contributed by atoms with E-state index in [1.54, 1.807) is 0 Å². The Bertz CT molecular complexity index is 166. The third-order valence-electron chi connectivity index (χ3n) is 0. The zero-order chi connectivity index (χ0) is 16.2. The van der Waals surface area contributed by atoms with Gasteiger partial charge in [0.05, 0.1) is 0 Å². The van der Waals surface area contributed by atoms with Crippen molar-refractivity contribution < 1.29 is 103 Å². The van der Waals surface area contributed by atoms with E-state index < -0.39 is 21.8 Å². The Morgan fingerprint density at radius 1 is 0.579 bits per heavy atom. The summed E-state index contributed by atoms with van der Waals surface area (Å²) in [5, 5.41) is 7.21. The summed E-state index contributed by atoms with van der Waals surface area (Å²) in [5.41, 5.74) is 0. The van der Waals surface area contributed by atoms with E-state index in [4.69, 9.17) is 5.26 Å². The Labute approximate surface area is 142 Å². The first-order valence-electron chi connectivity index (χ1n) is 3.20. The third-order valence-corrected chi connectivity index (χ3v) is 0. The molecular formula is C2H2B3F12KN-3. The molecule has 112 valence electrons. The molecule has 0 atom stereocenters. The van der Waals surface area contributed by atoms with Crippen LogP contribution in [0, 0.1) is 18.3 Å². The number of rotatable bonds is 0. The fourth-order valence-corrected chi connectivity index (χ4v) is 0. The number of hydrogen-bond donors (Lipinski definition) is 0. The molecule has 0 fully saturated rings. The molecule has 0 unspecified atom stereocenters. The summed E-state index contributed by atoms with van der Waals surface area (Å²) >= 11 is 0. The predicted molar refractivity (Wildman–Crippen MR) is 41.5 cm³/mol. The van der Waals surface area contributed by atoms with Gasteiger partial charge in [0.25, 0.3) is 0 Å². The van der Waals surface area contributed by atoms with Crippen molar-refractivity contribution in [2.24, 2.45) is 0 Å². The fourth-order valence-electron chi connectivity index (χ4n) is 0. The molecule has 0 N–H and O–H groups in total. The second-order valence-electron chi connectivity index (χ2n) is 1.64. The molecule has 17 heteroatoms. The van der Waals surface area contributed by atoms with E-state index in [1.165, 1.54) is 6.07 Å². The van der Waals surface area contributed by atoms with E-state index in [9.17, 15) is 51.8 Å². The molecule has 0 aromatic rings. The van der Waals surface area contributed by atoms with Gasteiger partial charge in [0, 0.05) is 0 Å². The largest absolute Gasteiger partial charge is 1.00 e. The molecule has 0 aliphatic carbocycles. The summed E-state index contributed by atoms with van der Waals surface area (Å²) in [6.45, 7) is 2.79. The Hall–Kier alpha value is 0.351. The van der Waals surface area contributed by atoms with Crippen molar-refractivity contribution in [3.05, 3.63) is 6.92 Å². The van der Waals surface area contributed by atoms with Gasteiger partial charge in [0.2, 0.25) is 0 Å². The van der Waals surface area contributed by atoms with Crippen molar-refractivity contribution in [3.63, 3.8) is 0 Å². The molecule has 1 nitrogen and oxygen atoms in total. The van der Waals surface area contributed by atoms with Crippen LogP contribution in [0.2, 0.25) is 0 Å². The maximum atomic E-state index is 9.75. The van der Waals surface area contributed by atoms with E-state index in [2.05, 4.69) is 6.92 Å². The van der Waals surface area contributed by atoms with Crippen molar-refractivity contribution >= 4 is 21.8 Å². The first-order chi connectivity index (χ1) is 7.41. The average Bonchev–Trinajstić information content (AvgIpc) is 1.71. The predicted octanol–water partition coefficient (Wildman–Crippen LogP) is 1.25. The first-order valence-corrected chi connectivity index (χ1v) is 3.20. The Morgan fingerprint density at radius 3 is 0.579 bits per heavy atom. The first kappa shape index (κ1) is 31.6. The van der Waals surface area contributed by atoms with Crippen LogP contribution in [-0.4, -0.2) is 21.8 Å². The van der Waals surface area contributed by atoms with E-state index >= 15 is 0 Å². The van der Waals surface area contributed by atoms with Crippen LogP contribution in [0.5, 0.6) is 0 Å². The topological polar surface area (TPSA) is 23.8 Å². The summed E-state index contributed by atoms with van der Waals surface area (Å²) in [4.78, 5) is 0. The summed E-state index contributed by atoms with van der Waals surface area (Å²) < 4.78 is 117. The van der Waals surface area contributed by atoms with Crippen molar-refractivity contribution in [1.82, 2.24) is 0 Å². The minimum absolute atomic E-state index is 0. The van der Waals surface area contributed by atoms with Crippen LogP contribution in [0.4, 0.5) is 51.8 Å². The quantitative estimate of drug-likeness (QED) is 0.370. The van der Waals surface area contributed by atoms with Crippen LogP contribution in [0.25, 0.3) is 0 Å². The van der Waals surface area contributed by atoms with E-state index in [1.807, 2.05) is 0 Å². The zero-order valence-electron chi connectivity index (χ0n) is 8.92. The van der Waals surface area contributed by atoms with Crippen LogP contribution in [0.1, 0.15) is 0 Å². The summed E-state index contributed by atoms with van der Waals surface area (Å²) in [6, 6.07) is 1.50. The maximum absolute atomic E-state index is 9.75. The van der Waals surface area contributed by atoms with Crippen LogP contribution in [0.3, 0.4) is 0 Å². The molecule has 0 saturated carbocycles. The molecule has 0 spiro atoms. The average molecular weight is 340 g/mol. The summed E-state index contributed by atoms with van der Waals surface area (Å²) in [6.07, 6.45) is 0. The van der Waals surface area contributed by atoms with Crippen molar-refractivity contribution in [3.8, 4) is 6.07 Å². The molecule has 0 amide bonds. The summed E-state index contributed by atoms with van der Waals surface area (Å²) in [5.74, 6) is 0. The van der Waals surface area contributed by atoms with Crippen LogP contribution < -0.4 is 51.4 Å². The van der Waals surface area contributed by atoms with Gasteiger partial charge in [-0.1, -0.05) is 0 Å². The second kappa shape index (κ2) is 14.8. The third kappa shape index (κ3) is 39800. The van der Waals surface area contributed by atoms with Gasteiger partial charge in [-0.2, -0.15) is 0 Å². The summed E-state index contributed by atoms with van der Waals surface area (Å²) in [7, 11) is -18.0. The molecule has 0 heterocycles. The van der Waals surface area contributed by atoms with Gasteiger partial charge in [-0.3, -0.25) is 0 Å². The van der Waals surface area contributed by atoms with Gasteiger partial charge in [-0.05, 0) is 0 Å². The van der Waals surface area contributed by atoms with Crippen LogP contribution >= 0.6 is 0 Å². The van der Waals surface area contributed by atoms with E-state index in [0.717, 1.165) is 0 Å². The van der Waals surface area contributed by atoms with Crippen molar-refractivity contribution in [1.29, 1.82) is 5.26 Å². The number of nitrogens with zero attached hydrogens (tertiary/aromatic N) is 1. The van der Waals surface area contributed by atoms with Gasteiger partial charge in [0.15, 0.2) is 0 Å². The normalized spacial score (nSPS) is 9.84. The molecule has 0 aromatic heterocycles. The fraction of sp³-hybridized carbons (Fsp3) is 0. The van der Waals surface area contributed by atoms with Gasteiger partial charge in [-0.15, -0.1) is 6.07 Å². The second-order valence-corrected chi connectivity index (χ2v) is 1.64. The van der Waals surface area contributed by atoms with Crippen molar-refractivity contribution in [2.75, 3.05) is 0 Å². The molecule has 0 rings (SSSR count). The molecule has 0 aromatic carbocycles. The van der Waals surface area contributed by atoms with Gasteiger partial charge < -0.3 is 58.7 Å². The van der Waals surface area contributed by atoms with Crippen molar-refractivity contribution in [2.45, 2.75) is 0 Å². The zero-order valence-corrected chi connectivity index (χ0v) is 12.0. The van der Waals surface area contributed by atoms with Gasteiger partial charge in [-0.25, -0.2) is 5.26 Å². The van der Waals surface area contributed by atoms with E-state index in [-0.39, 0.29) is 51.4 Å². The Balaban J connectivity index is -0.0000000458. The molecule has 0 bridgehead atoms. The Morgan fingerprint density at radius 2 is 0.579 bits per heavy atom. The minimum Gasteiger partial charge on any atom is -0.418 e. The van der Waals surface area contributed by atoms with Crippen LogP contribution in [-0.2, 0) is 0 Å². The SMILES string of the molecule is F[B-](F)(F)F.F[B-](F)(F)F.F[B-](F)(F)F.[CH2-]C#N.[K+]. The molecule has 0 aliphatic heterocycles. The molecule has 0 radical (unpaired) electrons. The number of halogens is 12. The number of nitriles is 1. The van der Waals surface area contributed by atoms with Gasteiger partial charge in [0.1, 0.15) is 0 Å². The monoisotopic (exact) mass is 340 g/mol. The van der Waals surface area contributed by atoms with Gasteiger partial charge >= 0.3 is 73.1 Å². The minimum atomic E-state index is -6.00. The standard InChI is InChI=1S/C2H2N.3BF4.K/c1-2-3;3*2-1(3,4)5;/h1H2;;;;/q4*-1;+1. The molecule has 0 aliphatic rings. The Kier molecular flexibility index (Phi) is 24.6. The van der Waals surface area contributed by atoms with Crippen LogP contribution in [0.15, 0.2) is 0 Å².